The van der Waals surface area contributed by atoms with E-state index in [0.29, 0.717) is 24.3 Å². The summed E-state index contributed by atoms with van der Waals surface area (Å²) in [5.74, 6) is 0.00170. The third kappa shape index (κ3) is 4.71. The predicted molar refractivity (Wildman–Crippen MR) is 119 cm³/mol. The smallest absolute Gasteiger partial charge is 0.238 e. The molecule has 2 amide bonds. The zero-order valence-corrected chi connectivity index (χ0v) is 17.1. The van der Waals surface area contributed by atoms with Crippen molar-refractivity contribution in [3.63, 3.8) is 0 Å². The lowest BCUT2D eigenvalue weighted by Crippen LogP contribution is -2.27. The minimum Gasteiger partial charge on any atom is -0.326 e. The third-order valence-corrected chi connectivity index (χ3v) is 6.15. The van der Waals surface area contributed by atoms with Gasteiger partial charge in [0.15, 0.2) is 0 Å². The molecule has 0 bridgehead atoms. The van der Waals surface area contributed by atoms with Crippen molar-refractivity contribution in [2.45, 2.75) is 18.2 Å². The molecule has 1 heterocycles. The number of nitrogens with one attached hydrogen (secondary N) is 1. The highest BCUT2D eigenvalue weighted by Crippen LogP contribution is 2.41. The van der Waals surface area contributed by atoms with Gasteiger partial charge in [-0.15, -0.1) is 11.8 Å². The first kappa shape index (κ1) is 20.2. The number of benzene rings is 3. The lowest BCUT2D eigenvalue weighted by atomic mass is 10.1. The van der Waals surface area contributed by atoms with Gasteiger partial charge in [-0.05, 0) is 53.9 Å². The average Bonchev–Trinajstić information content (AvgIpc) is 3.15. The zero-order chi connectivity index (χ0) is 20.9. The van der Waals surface area contributed by atoms with Gasteiger partial charge >= 0.3 is 0 Å². The maximum atomic E-state index is 13.2. The van der Waals surface area contributed by atoms with Crippen LogP contribution < -0.4 is 10.2 Å². The number of carbonyl (C=O) groups excluding carboxylic acids is 2. The molecule has 0 aliphatic carbocycles. The Morgan fingerprint density at radius 3 is 2.40 bits per heavy atom. The number of amides is 2. The van der Waals surface area contributed by atoms with Gasteiger partial charge in [0.2, 0.25) is 11.8 Å². The molecular formula is C24H21FN2O2S. The molecule has 0 aromatic heterocycles. The molecule has 6 heteroatoms. The van der Waals surface area contributed by atoms with Crippen molar-refractivity contribution in [1.29, 1.82) is 0 Å². The number of hydrogen-bond acceptors (Lipinski definition) is 3. The molecule has 0 spiro atoms. The Balaban J connectivity index is 1.40. The Kier molecular flexibility index (Phi) is 6.14. The molecule has 1 atom stereocenters. The van der Waals surface area contributed by atoms with Gasteiger partial charge < -0.3 is 5.32 Å². The highest BCUT2D eigenvalue weighted by atomic mass is 32.2. The standard InChI is InChI=1S/C24H21FN2O2S/c25-19-9-13-21(14-10-19)27-23(29)16-30-24(27)18-7-11-20(12-8-18)26-22(28)15-6-17-4-2-1-3-5-17/h1-5,7-14,24H,6,15-16H2,(H,26,28)/t24-/m0/s1. The van der Waals surface area contributed by atoms with E-state index in [4.69, 9.17) is 0 Å². The van der Waals surface area contributed by atoms with Crippen LogP contribution in [0.1, 0.15) is 22.9 Å². The SMILES string of the molecule is O=C(CCc1ccccc1)Nc1ccc([C@@H]2SCC(=O)N2c2ccc(F)cc2)cc1. The van der Waals surface area contributed by atoms with Crippen LogP contribution in [0.2, 0.25) is 0 Å². The summed E-state index contributed by atoms with van der Waals surface area (Å²) in [4.78, 5) is 26.3. The third-order valence-electron chi connectivity index (χ3n) is 4.94. The number of thioether (sulfide) groups is 1. The van der Waals surface area contributed by atoms with E-state index in [1.54, 1.807) is 17.0 Å². The predicted octanol–water partition coefficient (Wildman–Crippen LogP) is 5.18. The van der Waals surface area contributed by atoms with Crippen LogP contribution in [-0.4, -0.2) is 17.6 Å². The molecule has 0 saturated carbocycles. The van der Waals surface area contributed by atoms with Gasteiger partial charge in [-0.1, -0.05) is 42.5 Å². The maximum Gasteiger partial charge on any atom is 0.238 e. The Labute approximate surface area is 179 Å². The minimum absolute atomic E-state index is 0.00472. The summed E-state index contributed by atoms with van der Waals surface area (Å²) in [7, 11) is 0. The number of anilines is 2. The lowest BCUT2D eigenvalue weighted by Gasteiger charge is -2.24. The number of aryl methyl sites for hydroxylation is 1. The molecule has 4 nitrogen and oxygen atoms in total. The number of carbonyl (C=O) groups is 2. The molecule has 1 N–H and O–H groups in total. The van der Waals surface area contributed by atoms with Gasteiger partial charge in [0.1, 0.15) is 11.2 Å². The van der Waals surface area contributed by atoms with Crippen molar-refractivity contribution in [2.24, 2.45) is 0 Å². The zero-order valence-electron chi connectivity index (χ0n) is 16.3. The molecule has 0 unspecified atom stereocenters. The van der Waals surface area contributed by atoms with E-state index >= 15 is 0 Å². The monoisotopic (exact) mass is 420 g/mol. The summed E-state index contributed by atoms with van der Waals surface area (Å²) < 4.78 is 13.2. The summed E-state index contributed by atoms with van der Waals surface area (Å²) in [6.07, 6.45) is 1.11. The maximum absolute atomic E-state index is 13.2. The van der Waals surface area contributed by atoms with Crippen molar-refractivity contribution in [1.82, 2.24) is 0 Å². The fourth-order valence-electron chi connectivity index (χ4n) is 3.41. The van der Waals surface area contributed by atoms with E-state index in [1.807, 2.05) is 54.6 Å². The molecule has 1 fully saturated rings. The summed E-state index contributed by atoms with van der Waals surface area (Å²) in [5.41, 5.74) is 3.48. The number of nitrogens with zero attached hydrogens (tertiary/aromatic N) is 1. The van der Waals surface area contributed by atoms with E-state index in [0.717, 1.165) is 16.8 Å². The first-order chi connectivity index (χ1) is 14.6. The van der Waals surface area contributed by atoms with Gasteiger partial charge in [0.05, 0.1) is 5.75 Å². The van der Waals surface area contributed by atoms with Crippen LogP contribution in [0.4, 0.5) is 15.8 Å². The average molecular weight is 421 g/mol. The van der Waals surface area contributed by atoms with Gasteiger partial charge in [0, 0.05) is 17.8 Å². The first-order valence-electron chi connectivity index (χ1n) is 9.73. The molecule has 1 aliphatic rings. The Bertz CT molecular complexity index is 1020. The fourth-order valence-corrected chi connectivity index (χ4v) is 4.59. The molecule has 3 aromatic rings. The van der Waals surface area contributed by atoms with E-state index in [1.165, 1.54) is 23.9 Å². The molecule has 1 saturated heterocycles. The van der Waals surface area contributed by atoms with Gasteiger partial charge in [-0.3, -0.25) is 14.5 Å². The summed E-state index contributed by atoms with van der Waals surface area (Å²) in [6.45, 7) is 0. The first-order valence-corrected chi connectivity index (χ1v) is 10.8. The van der Waals surface area contributed by atoms with E-state index in [2.05, 4.69) is 5.32 Å². The minimum atomic E-state index is -0.332. The molecule has 4 rings (SSSR count). The van der Waals surface area contributed by atoms with E-state index in [9.17, 15) is 14.0 Å². The molecule has 1 aliphatic heterocycles. The summed E-state index contributed by atoms with van der Waals surface area (Å²) in [5, 5.41) is 2.74. The Hall–Kier alpha value is -3.12. The Morgan fingerprint density at radius 1 is 1.00 bits per heavy atom. The van der Waals surface area contributed by atoms with Crippen molar-refractivity contribution in [3.8, 4) is 0 Å². The van der Waals surface area contributed by atoms with E-state index < -0.39 is 0 Å². The normalized spacial score (nSPS) is 16.0. The van der Waals surface area contributed by atoms with Gasteiger partial charge in [-0.2, -0.15) is 0 Å². The summed E-state index contributed by atoms with van der Waals surface area (Å²) >= 11 is 1.53. The van der Waals surface area contributed by atoms with Crippen molar-refractivity contribution >= 4 is 35.0 Å². The van der Waals surface area contributed by atoms with Gasteiger partial charge in [-0.25, -0.2) is 4.39 Å². The van der Waals surface area contributed by atoms with Crippen LogP contribution in [0, 0.1) is 5.82 Å². The topological polar surface area (TPSA) is 49.4 Å². The highest BCUT2D eigenvalue weighted by Gasteiger charge is 2.34. The lowest BCUT2D eigenvalue weighted by molar-refractivity contribution is -0.116. The van der Waals surface area contributed by atoms with Crippen molar-refractivity contribution in [3.05, 3.63) is 95.8 Å². The fraction of sp³-hybridized carbons (Fsp3) is 0.167. The Morgan fingerprint density at radius 2 is 1.70 bits per heavy atom. The van der Waals surface area contributed by atoms with Crippen LogP contribution >= 0.6 is 11.8 Å². The highest BCUT2D eigenvalue weighted by molar-refractivity contribution is 8.00. The van der Waals surface area contributed by atoms with Crippen LogP contribution in [0.5, 0.6) is 0 Å². The molecule has 30 heavy (non-hydrogen) atoms. The second kappa shape index (κ2) is 9.13. The molecular weight excluding hydrogens is 399 g/mol. The second-order valence-electron chi connectivity index (χ2n) is 7.06. The number of hydrogen-bond donors (Lipinski definition) is 1. The number of rotatable bonds is 6. The van der Waals surface area contributed by atoms with E-state index in [-0.39, 0.29) is 23.0 Å². The van der Waals surface area contributed by atoms with Crippen molar-refractivity contribution < 1.29 is 14.0 Å². The van der Waals surface area contributed by atoms with Crippen LogP contribution in [0.25, 0.3) is 0 Å². The quantitative estimate of drug-likeness (QED) is 0.598. The van der Waals surface area contributed by atoms with Crippen LogP contribution in [0.15, 0.2) is 78.9 Å². The largest absolute Gasteiger partial charge is 0.326 e. The summed E-state index contributed by atoms with van der Waals surface area (Å²) in [6, 6.07) is 23.4. The molecule has 0 radical (unpaired) electrons. The van der Waals surface area contributed by atoms with Crippen LogP contribution in [-0.2, 0) is 16.0 Å². The molecule has 152 valence electrons. The van der Waals surface area contributed by atoms with Crippen LogP contribution in [0.3, 0.4) is 0 Å². The second-order valence-corrected chi connectivity index (χ2v) is 8.13. The number of halogens is 1. The van der Waals surface area contributed by atoms with Gasteiger partial charge in [0.25, 0.3) is 0 Å². The van der Waals surface area contributed by atoms with Crippen molar-refractivity contribution in [2.75, 3.05) is 16.0 Å². The molecule has 3 aromatic carbocycles.